The molecule has 0 saturated carbocycles. The van der Waals surface area contributed by atoms with E-state index >= 15 is 0 Å². The Bertz CT molecular complexity index is 633. The van der Waals surface area contributed by atoms with Gasteiger partial charge in [0.25, 0.3) is 0 Å². The van der Waals surface area contributed by atoms with Crippen LogP contribution in [0.5, 0.6) is 0 Å². The molecule has 2 nitrogen and oxygen atoms in total. The molecule has 21 heavy (non-hydrogen) atoms. The minimum atomic E-state index is -0.326. The summed E-state index contributed by atoms with van der Waals surface area (Å²) < 4.78 is 6.08. The van der Waals surface area contributed by atoms with Gasteiger partial charge >= 0.3 is 0 Å². The summed E-state index contributed by atoms with van der Waals surface area (Å²) in [5.74, 6) is 0. The fraction of sp³-hybridized carbons (Fsp3) is 0.316. The van der Waals surface area contributed by atoms with Crippen LogP contribution in [0.2, 0.25) is 0 Å². The van der Waals surface area contributed by atoms with Crippen molar-refractivity contribution in [2.45, 2.75) is 38.5 Å². The molecule has 1 heterocycles. The first-order valence-electron chi connectivity index (χ1n) is 7.48. The van der Waals surface area contributed by atoms with E-state index in [0.717, 1.165) is 11.3 Å². The van der Waals surface area contributed by atoms with Crippen LogP contribution in [0.25, 0.3) is 0 Å². The van der Waals surface area contributed by atoms with Gasteiger partial charge in [0.2, 0.25) is 0 Å². The average Bonchev–Trinajstić information content (AvgIpc) is 3.19. The van der Waals surface area contributed by atoms with Crippen molar-refractivity contribution in [1.82, 2.24) is 0 Å². The maximum Gasteiger partial charge on any atom is 0.138 e. The quantitative estimate of drug-likeness (QED) is 0.601. The van der Waals surface area contributed by atoms with Gasteiger partial charge in [0.1, 0.15) is 11.7 Å². The third-order valence-electron chi connectivity index (χ3n) is 3.81. The zero-order valence-corrected chi connectivity index (χ0v) is 12.8. The van der Waals surface area contributed by atoms with Crippen LogP contribution in [0, 0.1) is 0 Å². The molecule has 1 saturated heterocycles. The Morgan fingerprint density at radius 2 is 1.57 bits per heavy atom. The minimum Gasteiger partial charge on any atom is -0.354 e. The molecule has 2 aromatic carbocycles. The summed E-state index contributed by atoms with van der Waals surface area (Å²) in [5, 5.41) is 0. The molecular weight excluding hydrogens is 258 g/mol. The standard InChI is InChI=1S/C19H21NO/c1-14(2)20-17(15-10-6-4-7-11-15)19(3)18(21-19)16-12-8-5-9-13-16/h4-14,18H,1-3H3. The van der Waals surface area contributed by atoms with E-state index in [-0.39, 0.29) is 17.7 Å². The van der Waals surface area contributed by atoms with Crippen molar-refractivity contribution in [2.75, 3.05) is 0 Å². The molecule has 1 aliphatic heterocycles. The van der Waals surface area contributed by atoms with Crippen LogP contribution in [-0.2, 0) is 4.74 Å². The smallest absolute Gasteiger partial charge is 0.138 e. The number of hydrogen-bond acceptors (Lipinski definition) is 2. The highest BCUT2D eigenvalue weighted by atomic mass is 16.6. The van der Waals surface area contributed by atoms with Crippen LogP contribution in [0.4, 0.5) is 0 Å². The molecule has 2 unspecified atom stereocenters. The molecule has 1 aliphatic rings. The summed E-state index contributed by atoms with van der Waals surface area (Å²) in [7, 11) is 0. The lowest BCUT2D eigenvalue weighted by Crippen LogP contribution is -2.24. The van der Waals surface area contributed by atoms with Crippen molar-refractivity contribution in [1.29, 1.82) is 0 Å². The van der Waals surface area contributed by atoms with E-state index in [1.165, 1.54) is 5.56 Å². The van der Waals surface area contributed by atoms with Crippen molar-refractivity contribution < 1.29 is 4.74 Å². The zero-order valence-electron chi connectivity index (χ0n) is 12.8. The number of nitrogens with zero attached hydrogens (tertiary/aromatic N) is 1. The molecule has 0 spiro atoms. The van der Waals surface area contributed by atoms with Gasteiger partial charge < -0.3 is 4.74 Å². The number of aliphatic imine (C=N–C) groups is 1. The maximum absolute atomic E-state index is 6.08. The van der Waals surface area contributed by atoms with E-state index in [9.17, 15) is 0 Å². The Morgan fingerprint density at radius 3 is 2.14 bits per heavy atom. The molecule has 0 aliphatic carbocycles. The van der Waals surface area contributed by atoms with Crippen LogP contribution in [0.15, 0.2) is 65.7 Å². The van der Waals surface area contributed by atoms with Gasteiger partial charge in [-0.1, -0.05) is 60.7 Å². The molecule has 0 aromatic heterocycles. The van der Waals surface area contributed by atoms with Gasteiger partial charge in [-0.05, 0) is 31.9 Å². The second kappa shape index (κ2) is 5.45. The van der Waals surface area contributed by atoms with E-state index in [4.69, 9.17) is 9.73 Å². The van der Waals surface area contributed by atoms with Gasteiger partial charge in [-0.3, -0.25) is 4.99 Å². The Balaban J connectivity index is 1.96. The molecule has 108 valence electrons. The molecule has 3 rings (SSSR count). The summed E-state index contributed by atoms with van der Waals surface area (Å²) in [4.78, 5) is 4.85. The Labute approximate surface area is 126 Å². The Morgan fingerprint density at radius 1 is 1.00 bits per heavy atom. The fourth-order valence-electron chi connectivity index (χ4n) is 2.75. The molecular formula is C19H21NO. The normalized spacial score (nSPS) is 25.1. The Kier molecular flexibility index (Phi) is 3.64. The van der Waals surface area contributed by atoms with Crippen LogP contribution >= 0.6 is 0 Å². The van der Waals surface area contributed by atoms with Crippen molar-refractivity contribution in [2.24, 2.45) is 4.99 Å². The average molecular weight is 279 g/mol. The van der Waals surface area contributed by atoms with Crippen LogP contribution in [0.3, 0.4) is 0 Å². The van der Waals surface area contributed by atoms with Gasteiger partial charge in [0, 0.05) is 6.04 Å². The number of benzene rings is 2. The predicted molar refractivity (Wildman–Crippen MR) is 86.8 cm³/mol. The highest BCUT2D eigenvalue weighted by molar-refractivity contribution is 6.08. The zero-order chi connectivity index (χ0) is 14.9. The van der Waals surface area contributed by atoms with Gasteiger partial charge in [0.15, 0.2) is 0 Å². The maximum atomic E-state index is 6.08. The monoisotopic (exact) mass is 279 g/mol. The summed E-state index contributed by atoms with van der Waals surface area (Å²) >= 11 is 0. The van der Waals surface area contributed by atoms with Gasteiger partial charge in [-0.25, -0.2) is 0 Å². The van der Waals surface area contributed by atoms with Crippen LogP contribution in [-0.4, -0.2) is 17.4 Å². The third kappa shape index (κ3) is 2.77. The van der Waals surface area contributed by atoms with Gasteiger partial charge in [0.05, 0.1) is 5.71 Å². The van der Waals surface area contributed by atoms with E-state index in [2.05, 4.69) is 69.3 Å². The third-order valence-corrected chi connectivity index (χ3v) is 3.81. The number of epoxide rings is 1. The second-order valence-corrected chi connectivity index (χ2v) is 5.95. The first kappa shape index (κ1) is 14.0. The topological polar surface area (TPSA) is 24.9 Å². The first-order chi connectivity index (χ1) is 10.1. The van der Waals surface area contributed by atoms with Crippen molar-refractivity contribution in [3.05, 3.63) is 71.8 Å². The van der Waals surface area contributed by atoms with Crippen molar-refractivity contribution in [3.8, 4) is 0 Å². The Hall–Kier alpha value is -1.93. The predicted octanol–water partition coefficient (Wildman–Crippen LogP) is 4.41. The highest BCUT2D eigenvalue weighted by Gasteiger charge is 2.57. The van der Waals surface area contributed by atoms with Crippen LogP contribution < -0.4 is 0 Å². The van der Waals surface area contributed by atoms with E-state index in [1.807, 2.05) is 12.1 Å². The molecule has 0 radical (unpaired) electrons. The van der Waals surface area contributed by atoms with Crippen LogP contribution in [0.1, 0.15) is 38.0 Å². The molecule has 0 amide bonds. The molecule has 2 atom stereocenters. The minimum absolute atomic E-state index is 0.0939. The van der Waals surface area contributed by atoms with Crippen molar-refractivity contribution in [3.63, 3.8) is 0 Å². The second-order valence-electron chi connectivity index (χ2n) is 5.95. The SMILES string of the molecule is CC(C)N=C(c1ccccc1)C1(C)OC1c1ccccc1. The lowest BCUT2D eigenvalue weighted by Gasteiger charge is -2.14. The lowest BCUT2D eigenvalue weighted by molar-refractivity contribution is 0.356. The molecule has 1 fully saturated rings. The number of hydrogen-bond donors (Lipinski definition) is 0. The summed E-state index contributed by atoms with van der Waals surface area (Å²) in [5.41, 5.74) is 3.08. The molecule has 2 heteroatoms. The fourth-order valence-corrected chi connectivity index (χ4v) is 2.75. The van der Waals surface area contributed by atoms with Gasteiger partial charge in [-0.15, -0.1) is 0 Å². The van der Waals surface area contributed by atoms with E-state index < -0.39 is 0 Å². The van der Waals surface area contributed by atoms with Crippen molar-refractivity contribution >= 4 is 5.71 Å². The van der Waals surface area contributed by atoms with E-state index in [0.29, 0.717) is 0 Å². The molecule has 0 bridgehead atoms. The summed E-state index contributed by atoms with van der Waals surface area (Å²) in [6, 6.07) is 21.0. The summed E-state index contributed by atoms with van der Waals surface area (Å²) in [6.07, 6.45) is 0.0939. The number of ether oxygens (including phenoxy) is 1. The lowest BCUT2D eigenvalue weighted by atomic mass is 9.91. The molecule has 0 N–H and O–H groups in total. The van der Waals surface area contributed by atoms with E-state index in [1.54, 1.807) is 0 Å². The van der Waals surface area contributed by atoms with Gasteiger partial charge in [-0.2, -0.15) is 0 Å². The molecule has 2 aromatic rings. The number of rotatable bonds is 4. The highest BCUT2D eigenvalue weighted by Crippen LogP contribution is 2.51. The summed E-state index contributed by atoms with van der Waals surface area (Å²) in [6.45, 7) is 6.34. The largest absolute Gasteiger partial charge is 0.354 e. The first-order valence-corrected chi connectivity index (χ1v) is 7.48.